The number of sulfone groups is 1. The van der Waals surface area contributed by atoms with Crippen LogP contribution in [0, 0.1) is 0 Å². The van der Waals surface area contributed by atoms with Crippen LogP contribution in [0.25, 0.3) is 11.4 Å². The first kappa shape index (κ1) is 15.7. The van der Waals surface area contributed by atoms with Crippen LogP contribution in [0.3, 0.4) is 0 Å². The van der Waals surface area contributed by atoms with Crippen molar-refractivity contribution in [2.75, 3.05) is 23.9 Å². The highest BCUT2D eigenvalue weighted by Gasteiger charge is 2.06. The summed E-state index contributed by atoms with van der Waals surface area (Å²) < 4.78 is 22.1. The Kier molecular flexibility index (Phi) is 5.14. The molecule has 0 spiro atoms. The number of hydrogen-bond acceptors (Lipinski definition) is 5. The molecule has 21 heavy (non-hydrogen) atoms. The smallest absolute Gasteiger partial charge is 0.163 e. The second kappa shape index (κ2) is 6.87. The van der Waals surface area contributed by atoms with Crippen LogP contribution in [0.15, 0.2) is 36.4 Å². The van der Waals surface area contributed by atoms with Crippen LogP contribution in [-0.2, 0) is 9.84 Å². The molecule has 1 heterocycles. The van der Waals surface area contributed by atoms with Crippen LogP contribution in [0.1, 0.15) is 6.42 Å². The maximum atomic E-state index is 11.1. The summed E-state index contributed by atoms with van der Waals surface area (Å²) in [7, 11) is -2.94. The van der Waals surface area contributed by atoms with E-state index in [-0.39, 0.29) is 5.75 Å². The second-order valence-electron chi connectivity index (χ2n) is 4.68. The maximum absolute atomic E-state index is 11.1. The third kappa shape index (κ3) is 5.32. The van der Waals surface area contributed by atoms with Gasteiger partial charge in [0.1, 0.15) is 20.8 Å². The van der Waals surface area contributed by atoms with E-state index in [2.05, 4.69) is 15.3 Å². The molecule has 0 saturated heterocycles. The fourth-order valence-corrected chi connectivity index (χ4v) is 2.63. The quantitative estimate of drug-likeness (QED) is 0.653. The molecule has 0 amide bonds. The van der Waals surface area contributed by atoms with Gasteiger partial charge in [0.15, 0.2) is 5.82 Å². The van der Waals surface area contributed by atoms with Crippen molar-refractivity contribution in [1.29, 1.82) is 0 Å². The zero-order chi connectivity index (χ0) is 15.3. The van der Waals surface area contributed by atoms with Gasteiger partial charge < -0.3 is 5.32 Å². The SMILES string of the molecule is CS(=O)(=O)CCCNc1cc(Cl)nc(-c2ccccc2)n1. The van der Waals surface area contributed by atoms with Gasteiger partial charge in [0, 0.05) is 24.4 Å². The lowest BCUT2D eigenvalue weighted by Gasteiger charge is -2.07. The molecule has 0 aliphatic rings. The Labute approximate surface area is 129 Å². The first-order valence-corrected chi connectivity index (χ1v) is 8.89. The number of rotatable bonds is 6. The monoisotopic (exact) mass is 325 g/mol. The summed E-state index contributed by atoms with van der Waals surface area (Å²) >= 11 is 6.00. The Morgan fingerprint density at radius 2 is 1.90 bits per heavy atom. The first-order chi connectivity index (χ1) is 9.94. The van der Waals surface area contributed by atoms with Gasteiger partial charge in [0.2, 0.25) is 0 Å². The van der Waals surface area contributed by atoms with Crippen molar-refractivity contribution in [3.05, 3.63) is 41.6 Å². The van der Waals surface area contributed by atoms with Crippen LogP contribution in [0.4, 0.5) is 5.82 Å². The number of nitrogens with zero attached hydrogens (tertiary/aromatic N) is 2. The Bertz CT molecular complexity index is 705. The lowest BCUT2D eigenvalue weighted by atomic mass is 10.2. The van der Waals surface area contributed by atoms with Crippen molar-refractivity contribution in [3.8, 4) is 11.4 Å². The fraction of sp³-hybridized carbons (Fsp3) is 0.286. The number of hydrogen-bond donors (Lipinski definition) is 1. The van der Waals surface area contributed by atoms with E-state index >= 15 is 0 Å². The minimum atomic E-state index is -2.94. The zero-order valence-corrected chi connectivity index (χ0v) is 13.2. The van der Waals surface area contributed by atoms with Gasteiger partial charge in [-0.2, -0.15) is 0 Å². The molecule has 5 nitrogen and oxygen atoms in total. The molecule has 112 valence electrons. The largest absolute Gasteiger partial charge is 0.370 e. The molecule has 0 unspecified atom stereocenters. The van der Waals surface area contributed by atoms with Crippen LogP contribution < -0.4 is 5.32 Å². The lowest BCUT2D eigenvalue weighted by Crippen LogP contribution is -2.10. The molecule has 0 atom stereocenters. The zero-order valence-electron chi connectivity index (χ0n) is 11.6. The summed E-state index contributed by atoms with van der Waals surface area (Å²) in [5.74, 6) is 1.26. The molecule has 1 aromatic heterocycles. The average molecular weight is 326 g/mol. The molecule has 0 saturated carbocycles. The van der Waals surface area contributed by atoms with Crippen LogP contribution >= 0.6 is 11.6 Å². The van der Waals surface area contributed by atoms with E-state index in [1.54, 1.807) is 6.07 Å². The van der Waals surface area contributed by atoms with Crippen LogP contribution in [0.2, 0.25) is 5.15 Å². The molecule has 2 aromatic rings. The lowest BCUT2D eigenvalue weighted by molar-refractivity contribution is 0.600. The van der Waals surface area contributed by atoms with Gasteiger partial charge in [-0.3, -0.25) is 0 Å². The van der Waals surface area contributed by atoms with Gasteiger partial charge in [-0.25, -0.2) is 18.4 Å². The highest BCUT2D eigenvalue weighted by Crippen LogP contribution is 2.19. The predicted molar refractivity (Wildman–Crippen MR) is 85.3 cm³/mol. The Morgan fingerprint density at radius 1 is 1.19 bits per heavy atom. The third-order valence-electron chi connectivity index (χ3n) is 2.72. The summed E-state index contributed by atoms with van der Waals surface area (Å²) in [6.45, 7) is 0.509. The van der Waals surface area contributed by atoms with E-state index < -0.39 is 9.84 Å². The summed E-state index contributed by atoms with van der Waals surface area (Å²) in [5, 5.41) is 3.41. The minimum Gasteiger partial charge on any atom is -0.370 e. The highest BCUT2D eigenvalue weighted by atomic mass is 35.5. The predicted octanol–water partition coefficient (Wildman–Crippen LogP) is 2.64. The Morgan fingerprint density at radius 3 is 2.57 bits per heavy atom. The molecule has 0 aliphatic heterocycles. The number of aromatic nitrogens is 2. The van der Waals surface area contributed by atoms with E-state index in [4.69, 9.17) is 11.6 Å². The molecule has 7 heteroatoms. The first-order valence-electron chi connectivity index (χ1n) is 6.46. The van der Waals surface area contributed by atoms with Gasteiger partial charge >= 0.3 is 0 Å². The van der Waals surface area contributed by atoms with Gasteiger partial charge in [-0.05, 0) is 6.42 Å². The molecule has 0 aliphatic carbocycles. The summed E-state index contributed by atoms with van der Waals surface area (Å²) in [4.78, 5) is 8.57. The van der Waals surface area contributed by atoms with E-state index in [1.165, 1.54) is 6.26 Å². The molecule has 1 N–H and O–H groups in total. The van der Waals surface area contributed by atoms with Gasteiger partial charge in [-0.1, -0.05) is 41.9 Å². The van der Waals surface area contributed by atoms with E-state index in [9.17, 15) is 8.42 Å². The fourth-order valence-electron chi connectivity index (χ4n) is 1.78. The minimum absolute atomic E-state index is 0.143. The van der Waals surface area contributed by atoms with Crippen molar-refractivity contribution in [2.24, 2.45) is 0 Å². The van der Waals surface area contributed by atoms with Crippen LogP contribution in [0.5, 0.6) is 0 Å². The topological polar surface area (TPSA) is 72.0 Å². The summed E-state index contributed by atoms with van der Waals surface area (Å²) in [5.41, 5.74) is 0.874. The normalized spacial score (nSPS) is 11.3. The van der Waals surface area contributed by atoms with Crippen LogP contribution in [-0.4, -0.2) is 36.9 Å². The number of anilines is 1. The Balaban J connectivity index is 2.06. The van der Waals surface area contributed by atoms with E-state index in [0.717, 1.165) is 5.56 Å². The van der Waals surface area contributed by atoms with Crippen molar-refractivity contribution in [3.63, 3.8) is 0 Å². The third-order valence-corrected chi connectivity index (χ3v) is 3.95. The van der Waals surface area contributed by atoms with Crippen molar-refractivity contribution >= 4 is 27.3 Å². The summed E-state index contributed by atoms with van der Waals surface area (Å²) in [6, 6.07) is 11.1. The number of nitrogens with one attached hydrogen (secondary N) is 1. The molecular weight excluding hydrogens is 310 g/mol. The van der Waals surface area contributed by atoms with Gasteiger partial charge in [0.05, 0.1) is 5.75 Å². The number of benzene rings is 1. The Hall–Kier alpha value is -1.66. The molecule has 0 radical (unpaired) electrons. The molecule has 0 bridgehead atoms. The number of halogens is 1. The van der Waals surface area contributed by atoms with Crippen molar-refractivity contribution in [2.45, 2.75) is 6.42 Å². The second-order valence-corrected chi connectivity index (χ2v) is 7.32. The molecule has 2 rings (SSSR count). The van der Waals surface area contributed by atoms with Crippen molar-refractivity contribution in [1.82, 2.24) is 9.97 Å². The standard InChI is InChI=1S/C14H16ClN3O2S/c1-21(19,20)9-5-8-16-13-10-12(15)17-14(18-13)11-6-3-2-4-7-11/h2-4,6-7,10H,5,8-9H2,1H3,(H,16,17,18). The van der Waals surface area contributed by atoms with Gasteiger partial charge in [-0.15, -0.1) is 0 Å². The maximum Gasteiger partial charge on any atom is 0.163 e. The van der Waals surface area contributed by atoms with E-state index in [1.807, 2.05) is 30.3 Å². The molecule has 1 aromatic carbocycles. The molecule has 0 fully saturated rings. The average Bonchev–Trinajstić information content (AvgIpc) is 2.43. The van der Waals surface area contributed by atoms with Gasteiger partial charge in [0.25, 0.3) is 0 Å². The van der Waals surface area contributed by atoms with E-state index in [0.29, 0.717) is 29.8 Å². The highest BCUT2D eigenvalue weighted by molar-refractivity contribution is 7.90. The van der Waals surface area contributed by atoms with Crippen molar-refractivity contribution < 1.29 is 8.42 Å². The summed E-state index contributed by atoms with van der Waals surface area (Å²) in [6.07, 6.45) is 1.74. The molecular formula is C14H16ClN3O2S.